The number of nitrogens with zero attached hydrogens (tertiary/aromatic N) is 1. The number of carbonyl (C=O) groups is 1. The Morgan fingerprint density at radius 1 is 1.45 bits per heavy atom. The molecule has 1 N–H and O–H groups in total. The maximum Gasteiger partial charge on any atom is 0.308 e. The second kappa shape index (κ2) is 4.74. The number of fused-ring (bicyclic) bond motifs is 1. The van der Waals surface area contributed by atoms with Crippen molar-refractivity contribution in [3.8, 4) is 0 Å². The van der Waals surface area contributed by atoms with E-state index >= 15 is 0 Å². The lowest BCUT2D eigenvalue weighted by molar-refractivity contribution is -0.136. The SMILES string of the molecule is Cc1c(CC(=O)O)c(=O)c2cc(Br)ccc2n1C1CC1. The average molecular weight is 336 g/mol. The highest BCUT2D eigenvalue weighted by Gasteiger charge is 2.28. The number of aromatic nitrogens is 1. The van der Waals surface area contributed by atoms with Gasteiger partial charge in [0.05, 0.1) is 11.9 Å². The predicted octanol–water partition coefficient (Wildman–Crippen LogP) is 3.03. The van der Waals surface area contributed by atoms with E-state index in [1.807, 2.05) is 19.1 Å². The van der Waals surface area contributed by atoms with Gasteiger partial charge in [-0.2, -0.15) is 0 Å². The van der Waals surface area contributed by atoms with Crippen LogP contribution in [0.25, 0.3) is 10.9 Å². The summed E-state index contributed by atoms with van der Waals surface area (Å²) in [6, 6.07) is 6.02. The third-order valence-electron chi connectivity index (χ3n) is 3.77. The lowest BCUT2D eigenvalue weighted by atomic mass is 10.0. The number of pyridine rings is 1. The van der Waals surface area contributed by atoms with Crippen molar-refractivity contribution in [1.29, 1.82) is 0 Å². The molecule has 1 aliphatic carbocycles. The highest BCUT2D eigenvalue weighted by molar-refractivity contribution is 9.10. The summed E-state index contributed by atoms with van der Waals surface area (Å²) in [5.74, 6) is -0.970. The topological polar surface area (TPSA) is 59.3 Å². The van der Waals surface area contributed by atoms with Gasteiger partial charge in [0.25, 0.3) is 0 Å². The molecule has 0 unspecified atom stereocenters. The Balaban J connectivity index is 2.39. The van der Waals surface area contributed by atoms with E-state index < -0.39 is 5.97 Å². The highest BCUT2D eigenvalue weighted by atomic mass is 79.9. The zero-order valence-corrected chi connectivity index (χ0v) is 12.6. The molecule has 0 spiro atoms. The van der Waals surface area contributed by atoms with Crippen molar-refractivity contribution >= 4 is 32.8 Å². The van der Waals surface area contributed by atoms with Gasteiger partial charge < -0.3 is 9.67 Å². The summed E-state index contributed by atoms with van der Waals surface area (Å²) in [4.78, 5) is 23.6. The molecule has 0 bridgehead atoms. The van der Waals surface area contributed by atoms with E-state index in [0.717, 1.165) is 28.5 Å². The van der Waals surface area contributed by atoms with Crippen LogP contribution < -0.4 is 5.43 Å². The maximum absolute atomic E-state index is 12.5. The molecular weight excluding hydrogens is 322 g/mol. The van der Waals surface area contributed by atoms with Crippen LogP contribution in [0.4, 0.5) is 0 Å². The molecule has 0 saturated heterocycles. The largest absolute Gasteiger partial charge is 0.481 e. The fourth-order valence-electron chi connectivity index (χ4n) is 2.72. The minimum atomic E-state index is -0.970. The molecule has 104 valence electrons. The van der Waals surface area contributed by atoms with Crippen LogP contribution in [0.15, 0.2) is 27.5 Å². The zero-order valence-electron chi connectivity index (χ0n) is 11.0. The summed E-state index contributed by atoms with van der Waals surface area (Å²) in [6.45, 7) is 1.85. The molecule has 0 amide bonds. The van der Waals surface area contributed by atoms with Crippen LogP contribution in [0.3, 0.4) is 0 Å². The standard InChI is InChI=1S/C15H14BrNO3/c1-8-11(7-14(18)19)15(20)12-6-9(16)2-5-13(12)17(8)10-3-4-10/h2,5-6,10H,3-4,7H2,1H3,(H,18,19). The molecule has 2 aromatic rings. The van der Waals surface area contributed by atoms with Crippen molar-refractivity contribution in [2.75, 3.05) is 0 Å². The molecule has 1 aliphatic rings. The maximum atomic E-state index is 12.5. The molecule has 1 fully saturated rings. The first-order valence-corrected chi connectivity index (χ1v) is 7.33. The number of hydrogen-bond donors (Lipinski definition) is 1. The Labute approximate surface area is 124 Å². The van der Waals surface area contributed by atoms with E-state index in [0.29, 0.717) is 17.0 Å². The van der Waals surface area contributed by atoms with E-state index in [1.165, 1.54) is 0 Å². The highest BCUT2D eigenvalue weighted by Crippen LogP contribution is 2.38. The normalized spacial score (nSPS) is 14.7. The molecule has 1 aromatic heterocycles. The van der Waals surface area contributed by atoms with Crippen molar-refractivity contribution in [2.45, 2.75) is 32.2 Å². The Kier molecular flexibility index (Phi) is 3.17. The quantitative estimate of drug-likeness (QED) is 0.937. The Morgan fingerprint density at radius 3 is 2.75 bits per heavy atom. The minimum Gasteiger partial charge on any atom is -0.481 e. The molecule has 3 rings (SSSR count). The van der Waals surface area contributed by atoms with Gasteiger partial charge in [-0.15, -0.1) is 0 Å². The Hall–Kier alpha value is -1.62. The fourth-order valence-corrected chi connectivity index (χ4v) is 3.08. The van der Waals surface area contributed by atoms with Gasteiger partial charge in [-0.1, -0.05) is 15.9 Å². The molecule has 1 heterocycles. The number of halogens is 1. The molecule has 0 aliphatic heterocycles. The van der Waals surface area contributed by atoms with Crippen molar-refractivity contribution in [2.24, 2.45) is 0 Å². The number of benzene rings is 1. The Morgan fingerprint density at radius 2 is 2.15 bits per heavy atom. The molecule has 4 nitrogen and oxygen atoms in total. The van der Waals surface area contributed by atoms with E-state index in [1.54, 1.807) is 6.07 Å². The Bertz CT molecular complexity index is 775. The van der Waals surface area contributed by atoms with Crippen LogP contribution in [0.2, 0.25) is 0 Å². The number of carboxylic acids is 1. The van der Waals surface area contributed by atoms with Crippen LogP contribution >= 0.6 is 15.9 Å². The summed E-state index contributed by atoms with van der Waals surface area (Å²) in [5, 5.41) is 9.62. The number of rotatable bonds is 3. The summed E-state index contributed by atoms with van der Waals surface area (Å²) < 4.78 is 2.95. The van der Waals surface area contributed by atoms with Crippen LogP contribution in [0.5, 0.6) is 0 Å². The van der Waals surface area contributed by atoms with Crippen LogP contribution in [-0.2, 0) is 11.2 Å². The third kappa shape index (κ3) is 2.16. The fraction of sp³-hybridized carbons (Fsp3) is 0.333. The lowest BCUT2D eigenvalue weighted by Gasteiger charge is -2.17. The summed E-state index contributed by atoms with van der Waals surface area (Å²) in [7, 11) is 0. The van der Waals surface area contributed by atoms with Crippen LogP contribution in [0, 0.1) is 6.92 Å². The van der Waals surface area contributed by atoms with E-state index in [4.69, 9.17) is 5.11 Å². The van der Waals surface area contributed by atoms with Crippen LogP contribution in [-0.4, -0.2) is 15.6 Å². The van der Waals surface area contributed by atoms with Crippen molar-refractivity contribution in [1.82, 2.24) is 4.57 Å². The molecule has 0 atom stereocenters. The molecule has 1 saturated carbocycles. The first-order valence-electron chi connectivity index (χ1n) is 6.54. The van der Waals surface area contributed by atoms with Crippen molar-refractivity contribution in [3.05, 3.63) is 44.2 Å². The number of aliphatic carboxylic acids is 1. The predicted molar refractivity (Wildman–Crippen MR) is 80.3 cm³/mol. The van der Waals surface area contributed by atoms with Gasteiger partial charge in [0.2, 0.25) is 0 Å². The van der Waals surface area contributed by atoms with E-state index in [9.17, 15) is 9.59 Å². The lowest BCUT2D eigenvalue weighted by Crippen LogP contribution is -2.21. The zero-order chi connectivity index (χ0) is 14.4. The summed E-state index contributed by atoms with van der Waals surface area (Å²) in [6.07, 6.45) is 1.95. The average Bonchev–Trinajstić information content (AvgIpc) is 3.20. The molecule has 1 aromatic carbocycles. The number of carboxylic acid groups (broad SMARTS) is 1. The van der Waals surface area contributed by atoms with Gasteiger partial charge in [0.1, 0.15) is 0 Å². The second-order valence-electron chi connectivity index (χ2n) is 5.23. The van der Waals surface area contributed by atoms with E-state index in [-0.39, 0.29) is 11.8 Å². The van der Waals surface area contributed by atoms with Crippen molar-refractivity contribution in [3.63, 3.8) is 0 Å². The minimum absolute atomic E-state index is 0.168. The molecular formula is C15H14BrNO3. The number of hydrogen-bond acceptors (Lipinski definition) is 2. The first-order chi connectivity index (χ1) is 9.49. The smallest absolute Gasteiger partial charge is 0.308 e. The molecule has 0 radical (unpaired) electrons. The third-order valence-corrected chi connectivity index (χ3v) is 4.27. The summed E-state index contributed by atoms with van der Waals surface area (Å²) in [5.41, 5.74) is 1.91. The van der Waals surface area contributed by atoms with Gasteiger partial charge in [0, 0.05) is 27.2 Å². The van der Waals surface area contributed by atoms with Gasteiger partial charge in [-0.3, -0.25) is 9.59 Å². The van der Waals surface area contributed by atoms with Gasteiger partial charge >= 0.3 is 5.97 Å². The van der Waals surface area contributed by atoms with Crippen LogP contribution in [0.1, 0.15) is 30.1 Å². The van der Waals surface area contributed by atoms with Gasteiger partial charge in [-0.25, -0.2) is 0 Å². The van der Waals surface area contributed by atoms with Crippen molar-refractivity contribution < 1.29 is 9.90 Å². The van der Waals surface area contributed by atoms with E-state index in [2.05, 4.69) is 20.5 Å². The molecule has 20 heavy (non-hydrogen) atoms. The monoisotopic (exact) mass is 335 g/mol. The van der Waals surface area contributed by atoms with Gasteiger partial charge in [-0.05, 0) is 38.0 Å². The van der Waals surface area contributed by atoms with Gasteiger partial charge in [0.15, 0.2) is 5.43 Å². The first kappa shape index (κ1) is 13.4. The summed E-state index contributed by atoms with van der Waals surface area (Å²) >= 11 is 3.37. The second-order valence-corrected chi connectivity index (χ2v) is 6.14. The molecule has 5 heteroatoms.